The minimum atomic E-state index is -3.26. The summed E-state index contributed by atoms with van der Waals surface area (Å²) in [6, 6.07) is 0. The predicted molar refractivity (Wildman–Crippen MR) is 55.2 cm³/mol. The number of hydrogen-bond acceptors (Lipinski definition) is 0. The van der Waals surface area contributed by atoms with E-state index in [2.05, 4.69) is 0 Å². The molecule has 0 aliphatic rings. The molecule has 9 heteroatoms. The van der Waals surface area contributed by atoms with Crippen molar-refractivity contribution in [3.05, 3.63) is 0 Å². The molecule has 0 rings (SSSR count). The van der Waals surface area contributed by atoms with Crippen LogP contribution >= 0.6 is 60.1 Å². The van der Waals surface area contributed by atoms with Gasteiger partial charge in [0.1, 0.15) is 0 Å². The second-order valence-electron chi connectivity index (χ2n) is 1.34. The molecule has 0 heterocycles. The molecule has 0 amide bonds. The van der Waals surface area contributed by atoms with Gasteiger partial charge in [0.2, 0.25) is 0 Å². The van der Waals surface area contributed by atoms with Gasteiger partial charge in [0.05, 0.1) is 0 Å². The molecule has 0 spiro atoms. The molecule has 0 atom stereocenters. The molecule has 9 heavy (non-hydrogen) atoms. The molecule has 0 aliphatic heterocycles. The fourth-order valence-corrected chi connectivity index (χ4v) is 95.7. The summed E-state index contributed by atoms with van der Waals surface area (Å²) in [6.45, 7) is 0. The zero-order chi connectivity index (χ0) is 7.71. The van der Waals surface area contributed by atoms with Gasteiger partial charge in [-0.3, -0.25) is 0 Å². The summed E-state index contributed by atoms with van der Waals surface area (Å²) < 4.78 is 0. The summed E-state index contributed by atoms with van der Waals surface area (Å²) in [5.74, 6) is 0. The van der Waals surface area contributed by atoms with E-state index in [0.717, 1.165) is 0 Å². The van der Waals surface area contributed by atoms with Gasteiger partial charge in [-0.25, -0.2) is 0 Å². The summed E-state index contributed by atoms with van der Waals surface area (Å²) in [6.07, 6.45) is 0. The van der Waals surface area contributed by atoms with Gasteiger partial charge in [-0.1, -0.05) is 0 Å². The third kappa shape index (κ3) is 4.22. The third-order valence-corrected chi connectivity index (χ3v) is 189. The van der Waals surface area contributed by atoms with Crippen LogP contribution < -0.4 is 0 Å². The molecule has 0 saturated carbocycles. The zero-order valence-electron chi connectivity index (χ0n) is 3.97. The maximum absolute atomic E-state index is 5.79. The van der Waals surface area contributed by atoms with Crippen LogP contribution in [0.15, 0.2) is 0 Å². The van der Waals surface area contributed by atoms with Gasteiger partial charge in [-0.2, -0.15) is 0 Å². The summed E-state index contributed by atoms with van der Waals surface area (Å²) in [5.41, 5.74) is 0. The summed E-state index contributed by atoms with van der Waals surface area (Å²) in [4.78, 5) is 0. The molecule has 0 unspecified atom stereocenters. The summed E-state index contributed by atoms with van der Waals surface area (Å²) >= 11 is -1.38. The Kier molecular flexibility index (Phi) is 6.27. The quantitative estimate of drug-likeness (QED) is 0.588. The van der Waals surface area contributed by atoms with E-state index in [1.54, 1.807) is 0 Å². The van der Waals surface area contributed by atoms with Crippen LogP contribution in [0.1, 0.15) is 0 Å². The van der Waals surface area contributed by atoms with Crippen LogP contribution in [0, 0.1) is 0 Å². The van der Waals surface area contributed by atoms with E-state index in [0.29, 0.717) is 0 Å². The molecule has 0 bridgehead atoms. The van der Waals surface area contributed by atoms with Gasteiger partial charge < -0.3 is 0 Å². The molecule has 0 fully saturated rings. The molecule has 0 saturated heterocycles. The van der Waals surface area contributed by atoms with Gasteiger partial charge in [0.25, 0.3) is 0 Å². The van der Waals surface area contributed by atoms with E-state index >= 15 is 0 Å². The van der Waals surface area contributed by atoms with Crippen molar-refractivity contribution in [1.29, 1.82) is 0 Å². The average molecular weight is 433 g/mol. The van der Waals surface area contributed by atoms with Crippen molar-refractivity contribution in [2.75, 3.05) is 0 Å². The van der Waals surface area contributed by atoms with Crippen LogP contribution in [-0.4, -0.2) is 28.5 Å². The van der Waals surface area contributed by atoms with Gasteiger partial charge in [-0.15, -0.1) is 0 Å². The Morgan fingerprint density at radius 3 is 1.22 bits per heavy atom. The molecule has 0 aliphatic carbocycles. The first-order valence-corrected chi connectivity index (χ1v) is 35.2. The SMILES string of the molecule is [Cl][GeH2][Ge]([Cl])([Cl])[Ge]([Cl])([Cl])[Cl]. The van der Waals surface area contributed by atoms with Crippen LogP contribution in [0.4, 0.5) is 0 Å². The van der Waals surface area contributed by atoms with E-state index in [1.165, 1.54) is 0 Å². The summed E-state index contributed by atoms with van der Waals surface area (Å²) in [7, 11) is 27.8. The van der Waals surface area contributed by atoms with Gasteiger partial charge in [0.15, 0.2) is 0 Å². The van der Waals surface area contributed by atoms with Crippen LogP contribution in [0.3, 0.4) is 0 Å². The molecule has 0 N–H and O–H groups in total. The number of hydrogen-bond donors (Lipinski definition) is 0. The molecular weight excluding hydrogens is 431 g/mol. The fourth-order valence-electron chi connectivity index (χ4n) is 0.0758. The predicted octanol–water partition coefficient (Wildman–Crippen LogP) is 2.46. The monoisotopic (exact) mass is 434 g/mol. The summed E-state index contributed by atoms with van der Waals surface area (Å²) in [5, 5.41) is 0. The Hall–Kier alpha value is 3.37. The van der Waals surface area contributed by atoms with Crippen molar-refractivity contribution < 1.29 is 0 Å². The maximum atomic E-state index is 5.79. The second kappa shape index (κ2) is 4.56. The Morgan fingerprint density at radius 2 is 1.22 bits per heavy atom. The van der Waals surface area contributed by atoms with Gasteiger partial charge >= 0.3 is 88.6 Å². The first-order chi connectivity index (χ1) is 3.81. The molecule has 56 valence electrons. The van der Waals surface area contributed by atoms with Crippen LogP contribution in [0.25, 0.3) is 0 Å². The van der Waals surface area contributed by atoms with Crippen molar-refractivity contribution in [1.82, 2.24) is 0 Å². The van der Waals surface area contributed by atoms with E-state index in [9.17, 15) is 0 Å². The first kappa shape index (κ1) is 12.4. The second-order valence-corrected chi connectivity index (χ2v) is 109. The Balaban J connectivity index is 4.14. The van der Waals surface area contributed by atoms with Gasteiger partial charge in [0, 0.05) is 0 Å². The Labute approximate surface area is 86.9 Å². The van der Waals surface area contributed by atoms with Crippen molar-refractivity contribution in [2.45, 2.75) is 0 Å². The van der Waals surface area contributed by atoms with Crippen molar-refractivity contribution in [3.63, 3.8) is 0 Å². The minimum absolute atomic E-state index is 1.38. The van der Waals surface area contributed by atoms with Crippen LogP contribution in [-0.2, 0) is 0 Å². The Morgan fingerprint density at radius 1 is 0.889 bits per heavy atom. The Bertz CT molecular complexity index is 91.0. The van der Waals surface area contributed by atoms with E-state index in [1.807, 2.05) is 0 Å². The molecule has 0 nitrogen and oxygen atoms in total. The molecule has 0 aromatic carbocycles. The van der Waals surface area contributed by atoms with Gasteiger partial charge in [-0.05, 0) is 0 Å². The van der Waals surface area contributed by atoms with E-state index in [-0.39, 0.29) is 0 Å². The van der Waals surface area contributed by atoms with Crippen LogP contribution in [0.5, 0.6) is 0 Å². The molecule has 0 aromatic rings. The van der Waals surface area contributed by atoms with Crippen molar-refractivity contribution in [2.24, 2.45) is 0 Å². The molecule has 0 radical (unpaired) electrons. The number of rotatable bonds is 2. The zero-order valence-corrected chi connectivity index (χ0v) is 15.7. The number of halogens is 6. The standard InChI is InChI=1S/Cl6Ge3H2/c1-7-9(5,6)8(2,3)4/h7H2. The average Bonchev–Trinajstić information content (AvgIpc) is 1.64. The fraction of sp³-hybridized carbons (Fsp3) is 0. The normalized spacial score (nSPS) is 15.3. The third-order valence-electron chi connectivity index (χ3n) is 0.583. The van der Waals surface area contributed by atoms with Crippen LogP contribution in [0.2, 0.25) is 0 Å². The molecule has 0 aromatic heterocycles. The van der Waals surface area contributed by atoms with Crippen molar-refractivity contribution in [3.8, 4) is 0 Å². The topological polar surface area (TPSA) is 0 Å². The first-order valence-electron chi connectivity index (χ1n) is 1.82. The van der Waals surface area contributed by atoms with E-state index < -0.39 is 28.5 Å². The molecular formula is H2Cl6Ge3. The van der Waals surface area contributed by atoms with Crippen molar-refractivity contribution >= 4 is 88.6 Å². The van der Waals surface area contributed by atoms with E-state index in [4.69, 9.17) is 60.1 Å².